The second kappa shape index (κ2) is 9.85. The smallest absolute Gasteiger partial charge is 0.354 e. The zero-order valence-electron chi connectivity index (χ0n) is 15.6. The fraction of sp³-hybridized carbons (Fsp3) is 0.625. The number of nitrogens with zero attached hydrogens (tertiary/aromatic N) is 5. The molecule has 1 aliphatic carbocycles. The number of nitrogens with one attached hydrogen (secondary N) is 2. The van der Waals surface area contributed by atoms with E-state index in [4.69, 9.17) is 0 Å². The topological polar surface area (TPSA) is 80.0 Å². The lowest BCUT2D eigenvalue weighted by Crippen LogP contribution is -2.42. The molecule has 0 atom stereocenters. The van der Waals surface area contributed by atoms with Crippen molar-refractivity contribution in [2.24, 2.45) is 12.0 Å². The number of guanidine groups is 1. The molecule has 0 aliphatic heterocycles. The molecule has 1 saturated carbocycles. The van der Waals surface area contributed by atoms with Crippen LogP contribution in [0.3, 0.4) is 0 Å². The van der Waals surface area contributed by atoms with Crippen LogP contribution in [0.2, 0.25) is 0 Å². The minimum absolute atomic E-state index is 0. The predicted molar refractivity (Wildman–Crippen MR) is 112 cm³/mol. The van der Waals surface area contributed by atoms with Crippen molar-refractivity contribution in [3.05, 3.63) is 27.7 Å². The molecule has 0 bridgehead atoms. The van der Waals surface area contributed by atoms with Crippen molar-refractivity contribution in [1.82, 2.24) is 30.4 Å². The lowest BCUT2D eigenvalue weighted by Gasteiger charge is -2.17. The Hall–Kier alpha value is -1.44. The number of rotatable bonds is 5. The summed E-state index contributed by atoms with van der Waals surface area (Å²) in [6.45, 7) is 2.36. The molecular formula is C16H23F3IN7S. The molecule has 1 fully saturated rings. The Labute approximate surface area is 182 Å². The molecule has 0 unspecified atom stereocenters. The Balaban J connectivity index is 0.00000280. The van der Waals surface area contributed by atoms with Gasteiger partial charge in [0, 0.05) is 18.5 Å². The van der Waals surface area contributed by atoms with Crippen molar-refractivity contribution in [3.8, 4) is 0 Å². The third kappa shape index (κ3) is 6.03. The number of aromatic nitrogens is 4. The number of halogens is 4. The standard InChI is InChI=1S/C16H22F3N7S.HI/c1-10-24-25-13(26(10)2)7-20-15(22-11-5-3-4-6-11)21-8-14-23-12(9-27-14)16(17,18)19;/h9,11H,3-8H2,1-2H3,(H2,20,21,22);1H. The highest BCUT2D eigenvalue weighted by atomic mass is 127. The van der Waals surface area contributed by atoms with E-state index >= 15 is 0 Å². The molecule has 2 aromatic heterocycles. The summed E-state index contributed by atoms with van der Waals surface area (Å²) in [4.78, 5) is 8.17. The van der Waals surface area contributed by atoms with Crippen LogP contribution >= 0.6 is 35.3 Å². The molecular weight excluding hydrogens is 506 g/mol. The maximum Gasteiger partial charge on any atom is 0.434 e. The van der Waals surface area contributed by atoms with E-state index in [1.807, 2.05) is 18.5 Å². The van der Waals surface area contributed by atoms with Crippen LogP contribution in [0.1, 0.15) is 48.0 Å². The highest BCUT2D eigenvalue weighted by molar-refractivity contribution is 14.0. The van der Waals surface area contributed by atoms with Gasteiger partial charge in [0.05, 0.1) is 6.54 Å². The maximum absolute atomic E-state index is 12.7. The molecule has 1 aliphatic rings. The average molecular weight is 529 g/mol. The van der Waals surface area contributed by atoms with E-state index in [9.17, 15) is 13.2 Å². The minimum Gasteiger partial charge on any atom is -0.354 e. The Bertz CT molecular complexity index is 797. The number of aliphatic imine (C=N–C) groups is 1. The SMILES string of the molecule is Cc1nnc(CN=C(NCc2nc(C(F)(F)F)cs2)NC2CCCC2)n1C.I. The molecule has 156 valence electrons. The van der Waals surface area contributed by atoms with E-state index in [-0.39, 0.29) is 30.5 Å². The summed E-state index contributed by atoms with van der Waals surface area (Å²) >= 11 is 0.979. The summed E-state index contributed by atoms with van der Waals surface area (Å²) < 4.78 is 39.9. The second-order valence-corrected chi connectivity index (χ2v) is 7.43. The number of thiazole rings is 1. The van der Waals surface area contributed by atoms with Crippen LogP contribution in [0.25, 0.3) is 0 Å². The first-order valence-electron chi connectivity index (χ1n) is 8.74. The van der Waals surface area contributed by atoms with Gasteiger partial charge in [-0.25, -0.2) is 9.98 Å². The van der Waals surface area contributed by atoms with Crippen LogP contribution in [-0.2, 0) is 26.3 Å². The van der Waals surface area contributed by atoms with E-state index in [1.54, 1.807) is 0 Å². The third-order valence-corrected chi connectivity index (χ3v) is 5.36. The Kier molecular flexibility index (Phi) is 8.04. The largest absolute Gasteiger partial charge is 0.434 e. The highest BCUT2D eigenvalue weighted by Crippen LogP contribution is 2.29. The number of hydrogen-bond acceptors (Lipinski definition) is 5. The number of hydrogen-bond donors (Lipinski definition) is 2. The van der Waals surface area contributed by atoms with Crippen LogP contribution in [0, 0.1) is 6.92 Å². The molecule has 0 saturated heterocycles. The van der Waals surface area contributed by atoms with Gasteiger partial charge in [-0.1, -0.05) is 12.8 Å². The molecule has 3 rings (SSSR count). The van der Waals surface area contributed by atoms with E-state index in [0.29, 0.717) is 29.4 Å². The summed E-state index contributed by atoms with van der Waals surface area (Å²) in [5.74, 6) is 2.06. The third-order valence-electron chi connectivity index (χ3n) is 4.51. The summed E-state index contributed by atoms with van der Waals surface area (Å²) in [6.07, 6.45) is 0.0129. The highest BCUT2D eigenvalue weighted by Gasteiger charge is 2.33. The van der Waals surface area contributed by atoms with Crippen LogP contribution in [0.15, 0.2) is 10.4 Å². The number of alkyl halides is 3. The summed E-state index contributed by atoms with van der Waals surface area (Å²) in [7, 11) is 1.87. The maximum atomic E-state index is 12.7. The molecule has 2 aromatic rings. The Morgan fingerprint density at radius 2 is 2.04 bits per heavy atom. The summed E-state index contributed by atoms with van der Waals surface area (Å²) in [5, 5.41) is 15.9. The summed E-state index contributed by atoms with van der Waals surface area (Å²) in [6, 6.07) is 0.319. The van der Waals surface area contributed by atoms with Gasteiger partial charge in [0.25, 0.3) is 0 Å². The lowest BCUT2D eigenvalue weighted by atomic mass is 10.2. The van der Waals surface area contributed by atoms with Gasteiger partial charge in [-0.05, 0) is 19.8 Å². The van der Waals surface area contributed by atoms with E-state index in [1.165, 1.54) is 0 Å². The second-order valence-electron chi connectivity index (χ2n) is 6.49. The zero-order chi connectivity index (χ0) is 19.4. The first kappa shape index (κ1) is 22.8. The molecule has 0 amide bonds. The van der Waals surface area contributed by atoms with Crippen molar-refractivity contribution < 1.29 is 13.2 Å². The van der Waals surface area contributed by atoms with Gasteiger partial charge >= 0.3 is 6.18 Å². The molecule has 0 aromatic carbocycles. The number of aryl methyl sites for hydroxylation is 1. The molecule has 12 heteroatoms. The van der Waals surface area contributed by atoms with Crippen LogP contribution in [0.4, 0.5) is 13.2 Å². The lowest BCUT2D eigenvalue weighted by molar-refractivity contribution is -0.140. The fourth-order valence-electron chi connectivity index (χ4n) is 2.84. The van der Waals surface area contributed by atoms with Gasteiger partial charge in [-0.2, -0.15) is 13.2 Å². The predicted octanol–water partition coefficient (Wildman–Crippen LogP) is 3.39. The van der Waals surface area contributed by atoms with Crippen molar-refractivity contribution in [2.75, 3.05) is 0 Å². The first-order chi connectivity index (χ1) is 12.8. The monoisotopic (exact) mass is 529 g/mol. The minimum atomic E-state index is -4.42. The molecule has 0 radical (unpaired) electrons. The van der Waals surface area contributed by atoms with Crippen molar-refractivity contribution in [3.63, 3.8) is 0 Å². The molecule has 7 nitrogen and oxygen atoms in total. The van der Waals surface area contributed by atoms with Crippen LogP contribution in [0.5, 0.6) is 0 Å². The van der Waals surface area contributed by atoms with Gasteiger partial charge in [0.2, 0.25) is 0 Å². The van der Waals surface area contributed by atoms with Gasteiger partial charge < -0.3 is 15.2 Å². The Morgan fingerprint density at radius 1 is 1.32 bits per heavy atom. The quantitative estimate of drug-likeness (QED) is 0.353. The van der Waals surface area contributed by atoms with Crippen molar-refractivity contribution in [2.45, 2.75) is 57.9 Å². The average Bonchev–Trinajstić information content (AvgIpc) is 3.34. The fourth-order valence-corrected chi connectivity index (χ4v) is 3.58. The van der Waals surface area contributed by atoms with E-state index in [0.717, 1.165) is 48.2 Å². The molecule has 2 heterocycles. The van der Waals surface area contributed by atoms with Crippen LogP contribution in [-0.4, -0.2) is 31.7 Å². The molecule has 2 N–H and O–H groups in total. The summed E-state index contributed by atoms with van der Waals surface area (Å²) in [5.41, 5.74) is -0.860. The van der Waals surface area contributed by atoms with Gasteiger partial charge in [-0.3, -0.25) is 0 Å². The van der Waals surface area contributed by atoms with Crippen molar-refractivity contribution in [1.29, 1.82) is 0 Å². The normalized spacial score (nSPS) is 15.5. The molecule has 28 heavy (non-hydrogen) atoms. The zero-order valence-corrected chi connectivity index (χ0v) is 18.7. The molecule has 0 spiro atoms. The first-order valence-corrected chi connectivity index (χ1v) is 9.62. The Morgan fingerprint density at radius 3 is 2.61 bits per heavy atom. The van der Waals surface area contributed by atoms with E-state index < -0.39 is 11.9 Å². The van der Waals surface area contributed by atoms with Crippen molar-refractivity contribution >= 4 is 41.3 Å². The van der Waals surface area contributed by atoms with Crippen LogP contribution < -0.4 is 10.6 Å². The van der Waals surface area contributed by atoms with Gasteiger partial charge in [0.1, 0.15) is 17.4 Å². The van der Waals surface area contributed by atoms with Gasteiger partial charge in [-0.15, -0.1) is 45.5 Å². The van der Waals surface area contributed by atoms with E-state index in [2.05, 4.69) is 30.8 Å². The van der Waals surface area contributed by atoms with Gasteiger partial charge in [0.15, 0.2) is 17.5 Å².